The lowest BCUT2D eigenvalue weighted by atomic mass is 10.1. The van der Waals surface area contributed by atoms with Crippen LogP contribution in [0.3, 0.4) is 0 Å². The maximum Gasteiger partial charge on any atom is 0.254 e. The van der Waals surface area contributed by atoms with E-state index in [-0.39, 0.29) is 29.7 Å². The molecule has 192 valence electrons. The van der Waals surface area contributed by atoms with Gasteiger partial charge in [-0.15, -0.1) is 0 Å². The first kappa shape index (κ1) is 25.1. The van der Waals surface area contributed by atoms with Gasteiger partial charge >= 0.3 is 0 Å². The zero-order valence-corrected chi connectivity index (χ0v) is 21.9. The van der Waals surface area contributed by atoms with Crippen LogP contribution in [-0.4, -0.2) is 54.2 Å². The summed E-state index contributed by atoms with van der Waals surface area (Å²) in [6.45, 7) is 6.30. The lowest BCUT2D eigenvalue weighted by molar-refractivity contribution is -0.116. The molecule has 6 nitrogen and oxygen atoms in total. The van der Waals surface area contributed by atoms with Crippen LogP contribution in [-0.2, 0) is 10.5 Å². The van der Waals surface area contributed by atoms with Gasteiger partial charge < -0.3 is 20.4 Å². The second kappa shape index (κ2) is 10.8. The van der Waals surface area contributed by atoms with Gasteiger partial charge in [0.1, 0.15) is 11.9 Å². The van der Waals surface area contributed by atoms with Crippen molar-refractivity contribution in [2.75, 3.05) is 40.9 Å². The van der Waals surface area contributed by atoms with E-state index in [1.165, 1.54) is 23.4 Å². The topological polar surface area (TPSA) is 64.7 Å². The molecule has 2 N–H and O–H groups in total. The number of piperazine rings is 1. The van der Waals surface area contributed by atoms with Crippen LogP contribution in [0, 0.1) is 12.7 Å². The first-order valence-corrected chi connectivity index (χ1v) is 13.7. The quantitative estimate of drug-likeness (QED) is 0.473. The Morgan fingerprint density at radius 3 is 2.62 bits per heavy atom. The molecule has 1 fully saturated rings. The second-order valence-electron chi connectivity index (χ2n) is 9.72. The smallest absolute Gasteiger partial charge is 0.254 e. The van der Waals surface area contributed by atoms with Crippen molar-refractivity contribution >= 4 is 40.6 Å². The van der Waals surface area contributed by atoms with E-state index in [0.29, 0.717) is 35.8 Å². The molecule has 37 heavy (non-hydrogen) atoms. The van der Waals surface area contributed by atoms with Gasteiger partial charge in [0.25, 0.3) is 5.91 Å². The van der Waals surface area contributed by atoms with Gasteiger partial charge in [0, 0.05) is 48.4 Å². The largest absolute Gasteiger partial charge is 0.371 e. The average molecular weight is 519 g/mol. The third-order valence-corrected chi connectivity index (χ3v) is 7.99. The summed E-state index contributed by atoms with van der Waals surface area (Å²) < 4.78 is 13.1. The standard InChI is InChI=1S/C29H31FN4O2S/c1-19-4-3-5-24(14-19)34-13-12-33(16-20(34)2)29(36)22-8-11-25-26(15-22)32-28(35)27(31-25)18-37-17-21-6-9-23(30)10-7-21/h3-11,14-15,20,27,31H,12-13,16-18H2,1-2H3,(H,32,35)/t20-,27+/m0/s1. The molecule has 0 aromatic heterocycles. The molecule has 0 bridgehead atoms. The number of carbonyl (C=O) groups is 2. The molecule has 2 atom stereocenters. The van der Waals surface area contributed by atoms with Crippen LogP contribution in [0.4, 0.5) is 21.5 Å². The predicted molar refractivity (Wildman–Crippen MR) is 149 cm³/mol. The fourth-order valence-electron chi connectivity index (χ4n) is 4.89. The lowest BCUT2D eigenvalue weighted by Crippen LogP contribution is -2.53. The summed E-state index contributed by atoms with van der Waals surface area (Å²) in [6.07, 6.45) is 0. The number of hydrogen-bond acceptors (Lipinski definition) is 5. The van der Waals surface area contributed by atoms with Crippen molar-refractivity contribution in [3.8, 4) is 0 Å². The van der Waals surface area contributed by atoms with Gasteiger partial charge in [0.15, 0.2) is 0 Å². The number of nitrogens with one attached hydrogen (secondary N) is 2. The Morgan fingerprint density at radius 1 is 1.05 bits per heavy atom. The predicted octanol–water partition coefficient (Wildman–Crippen LogP) is 5.15. The minimum absolute atomic E-state index is 0.0234. The Morgan fingerprint density at radius 2 is 1.86 bits per heavy atom. The van der Waals surface area contributed by atoms with Gasteiger partial charge in [-0.1, -0.05) is 24.3 Å². The van der Waals surface area contributed by atoms with Crippen molar-refractivity contribution in [2.45, 2.75) is 31.7 Å². The highest BCUT2D eigenvalue weighted by Crippen LogP contribution is 2.30. The number of rotatable bonds is 6. The summed E-state index contributed by atoms with van der Waals surface area (Å²) in [5, 5.41) is 6.26. The number of aryl methyl sites for hydroxylation is 1. The summed E-state index contributed by atoms with van der Waals surface area (Å²) in [4.78, 5) is 30.3. The number of thioether (sulfide) groups is 1. The molecule has 0 aliphatic carbocycles. The Hall–Kier alpha value is -3.52. The summed E-state index contributed by atoms with van der Waals surface area (Å²) >= 11 is 1.61. The van der Waals surface area contributed by atoms with E-state index in [1.54, 1.807) is 30.0 Å². The molecular formula is C29H31FN4O2S. The molecule has 1 saturated heterocycles. The zero-order chi connectivity index (χ0) is 25.9. The van der Waals surface area contributed by atoms with Crippen LogP contribution in [0.5, 0.6) is 0 Å². The van der Waals surface area contributed by atoms with E-state index in [4.69, 9.17) is 0 Å². The SMILES string of the molecule is Cc1cccc(N2CCN(C(=O)c3ccc4c(c3)NC(=O)[C@@H](CSCc3ccc(F)cc3)N4)C[C@@H]2C)c1. The number of nitrogens with zero attached hydrogens (tertiary/aromatic N) is 2. The molecule has 3 aromatic rings. The Balaban J connectivity index is 1.19. The first-order chi connectivity index (χ1) is 17.9. The molecule has 2 amide bonds. The number of fused-ring (bicyclic) bond motifs is 1. The number of amides is 2. The third-order valence-electron chi connectivity index (χ3n) is 6.89. The highest BCUT2D eigenvalue weighted by molar-refractivity contribution is 7.98. The van der Waals surface area contributed by atoms with Crippen LogP contribution in [0.1, 0.15) is 28.4 Å². The van der Waals surface area contributed by atoms with Crippen molar-refractivity contribution in [3.63, 3.8) is 0 Å². The molecule has 0 unspecified atom stereocenters. The van der Waals surface area contributed by atoms with Gasteiger partial charge in [0.05, 0.1) is 11.4 Å². The zero-order valence-electron chi connectivity index (χ0n) is 21.0. The monoisotopic (exact) mass is 518 g/mol. The Bertz CT molecular complexity index is 1300. The minimum atomic E-state index is -0.380. The first-order valence-electron chi connectivity index (χ1n) is 12.5. The number of carbonyl (C=O) groups excluding carboxylic acids is 2. The lowest BCUT2D eigenvalue weighted by Gasteiger charge is -2.41. The summed E-state index contributed by atoms with van der Waals surface area (Å²) in [5.74, 6) is 0.873. The van der Waals surface area contributed by atoms with Crippen molar-refractivity contribution in [2.24, 2.45) is 0 Å². The van der Waals surface area contributed by atoms with E-state index in [0.717, 1.165) is 17.8 Å². The van der Waals surface area contributed by atoms with Gasteiger partial charge in [-0.3, -0.25) is 9.59 Å². The van der Waals surface area contributed by atoms with Gasteiger partial charge in [-0.05, 0) is 67.4 Å². The Kier molecular flexibility index (Phi) is 7.37. The molecule has 0 radical (unpaired) electrons. The van der Waals surface area contributed by atoms with Crippen LogP contribution >= 0.6 is 11.8 Å². The molecule has 2 heterocycles. The van der Waals surface area contributed by atoms with Crippen molar-refractivity contribution < 1.29 is 14.0 Å². The highest BCUT2D eigenvalue weighted by atomic mass is 32.2. The van der Waals surface area contributed by atoms with Gasteiger partial charge in [-0.2, -0.15) is 11.8 Å². The number of hydrogen-bond donors (Lipinski definition) is 2. The van der Waals surface area contributed by atoms with Gasteiger partial charge in [0.2, 0.25) is 5.91 Å². The Labute approximate surface area is 221 Å². The van der Waals surface area contributed by atoms with E-state index < -0.39 is 0 Å². The minimum Gasteiger partial charge on any atom is -0.371 e. The molecule has 2 aliphatic heterocycles. The fourth-order valence-corrected chi connectivity index (χ4v) is 5.90. The van der Waals surface area contributed by atoms with Crippen LogP contribution in [0.15, 0.2) is 66.7 Å². The van der Waals surface area contributed by atoms with Crippen molar-refractivity contribution in [1.29, 1.82) is 0 Å². The molecule has 8 heteroatoms. The normalized spacial score (nSPS) is 19.2. The maximum atomic E-state index is 13.3. The van der Waals surface area contributed by atoms with Crippen LogP contribution in [0.25, 0.3) is 0 Å². The fraction of sp³-hybridized carbons (Fsp3) is 0.310. The van der Waals surface area contributed by atoms with Crippen LogP contribution < -0.4 is 15.5 Å². The molecule has 3 aromatic carbocycles. The molecule has 0 saturated carbocycles. The average Bonchev–Trinajstić information content (AvgIpc) is 2.89. The van der Waals surface area contributed by atoms with Crippen LogP contribution in [0.2, 0.25) is 0 Å². The van der Waals surface area contributed by atoms with E-state index in [9.17, 15) is 14.0 Å². The van der Waals surface area contributed by atoms with E-state index in [2.05, 4.69) is 53.6 Å². The number of benzene rings is 3. The summed E-state index contributed by atoms with van der Waals surface area (Å²) in [6, 6.07) is 20.1. The maximum absolute atomic E-state index is 13.3. The van der Waals surface area contributed by atoms with Crippen molar-refractivity contribution in [1.82, 2.24) is 4.90 Å². The van der Waals surface area contributed by atoms with Gasteiger partial charge in [-0.25, -0.2) is 4.39 Å². The van der Waals surface area contributed by atoms with E-state index >= 15 is 0 Å². The number of anilines is 3. The second-order valence-corrected chi connectivity index (χ2v) is 10.8. The molecule has 5 rings (SSSR count). The summed E-state index contributed by atoms with van der Waals surface area (Å²) in [7, 11) is 0. The van der Waals surface area contributed by atoms with Crippen molar-refractivity contribution in [3.05, 3.63) is 89.2 Å². The molecule has 2 aliphatic rings. The molecular weight excluding hydrogens is 487 g/mol. The molecule has 0 spiro atoms. The summed E-state index contributed by atoms with van der Waals surface area (Å²) in [5.41, 5.74) is 5.43. The number of halogens is 1. The van der Waals surface area contributed by atoms with E-state index in [1.807, 2.05) is 17.0 Å². The third kappa shape index (κ3) is 5.74. The highest BCUT2D eigenvalue weighted by Gasteiger charge is 2.30.